The molecular formula is C15H14N2. The topological polar surface area (TPSA) is 17.8 Å². The number of nitrogens with zero attached hydrogens (tertiary/aromatic N) is 2. The first-order chi connectivity index (χ1) is 8.34. The van der Waals surface area contributed by atoms with Crippen LogP contribution in [-0.4, -0.2) is 9.55 Å². The van der Waals surface area contributed by atoms with Crippen LogP contribution in [0.3, 0.4) is 0 Å². The van der Waals surface area contributed by atoms with Crippen molar-refractivity contribution in [1.29, 1.82) is 0 Å². The van der Waals surface area contributed by atoms with E-state index in [1.165, 1.54) is 22.0 Å². The molecule has 2 heterocycles. The maximum atomic E-state index is 4.05. The van der Waals surface area contributed by atoms with Crippen molar-refractivity contribution in [3.63, 3.8) is 0 Å². The first-order valence-electron chi connectivity index (χ1n) is 5.78. The maximum Gasteiger partial charge on any atom is 0.0486 e. The van der Waals surface area contributed by atoms with Gasteiger partial charge in [-0.15, -0.1) is 0 Å². The van der Waals surface area contributed by atoms with Crippen LogP contribution in [-0.2, 0) is 6.54 Å². The van der Waals surface area contributed by atoms with Crippen LogP contribution in [0.15, 0.2) is 55.0 Å². The van der Waals surface area contributed by atoms with Crippen molar-refractivity contribution in [1.82, 2.24) is 9.55 Å². The third-order valence-electron chi connectivity index (χ3n) is 3.09. The highest BCUT2D eigenvalue weighted by Gasteiger charge is 2.04. The number of benzene rings is 1. The Morgan fingerprint density at radius 2 is 1.82 bits per heavy atom. The molecule has 3 rings (SSSR count). The molecule has 0 amide bonds. The van der Waals surface area contributed by atoms with Gasteiger partial charge in [0.15, 0.2) is 0 Å². The van der Waals surface area contributed by atoms with Gasteiger partial charge in [-0.1, -0.05) is 18.2 Å². The second kappa shape index (κ2) is 4.06. The standard InChI is InChI=1S/C15H14N2/c1-12-10-17(11-13-6-8-16-9-7-13)15-5-3-2-4-14(12)15/h2-10H,11H2,1H3. The Bertz CT molecular complexity index is 638. The second-order valence-electron chi connectivity index (χ2n) is 4.31. The summed E-state index contributed by atoms with van der Waals surface area (Å²) in [6, 6.07) is 12.6. The number of para-hydroxylation sites is 1. The third-order valence-corrected chi connectivity index (χ3v) is 3.09. The van der Waals surface area contributed by atoms with Crippen molar-refractivity contribution in [3.8, 4) is 0 Å². The summed E-state index contributed by atoms with van der Waals surface area (Å²) in [6.07, 6.45) is 5.90. The second-order valence-corrected chi connectivity index (χ2v) is 4.31. The Morgan fingerprint density at radius 3 is 2.65 bits per heavy atom. The molecule has 2 heteroatoms. The van der Waals surface area contributed by atoms with E-state index in [2.05, 4.69) is 59.1 Å². The van der Waals surface area contributed by atoms with Gasteiger partial charge in [0.1, 0.15) is 0 Å². The van der Waals surface area contributed by atoms with Crippen LogP contribution < -0.4 is 0 Å². The quantitative estimate of drug-likeness (QED) is 0.650. The Balaban J connectivity index is 2.07. The summed E-state index contributed by atoms with van der Waals surface area (Å²) in [4.78, 5) is 4.05. The van der Waals surface area contributed by atoms with E-state index in [-0.39, 0.29) is 0 Å². The first kappa shape index (κ1) is 10.1. The summed E-state index contributed by atoms with van der Waals surface area (Å²) < 4.78 is 2.29. The number of hydrogen-bond acceptors (Lipinski definition) is 1. The molecule has 0 aliphatic carbocycles. The zero-order valence-corrected chi connectivity index (χ0v) is 9.80. The minimum absolute atomic E-state index is 0.900. The van der Waals surface area contributed by atoms with Gasteiger partial charge in [-0.05, 0) is 36.2 Å². The highest BCUT2D eigenvalue weighted by atomic mass is 15.0. The maximum absolute atomic E-state index is 4.05. The summed E-state index contributed by atoms with van der Waals surface area (Å²) in [7, 11) is 0. The zero-order chi connectivity index (χ0) is 11.7. The molecule has 0 saturated carbocycles. The number of hydrogen-bond donors (Lipinski definition) is 0. The predicted molar refractivity (Wildman–Crippen MR) is 70.0 cm³/mol. The molecule has 3 aromatic rings. The Morgan fingerprint density at radius 1 is 1.06 bits per heavy atom. The normalized spacial score (nSPS) is 10.9. The fourth-order valence-electron chi connectivity index (χ4n) is 2.25. The van der Waals surface area contributed by atoms with E-state index in [9.17, 15) is 0 Å². The molecule has 0 atom stereocenters. The lowest BCUT2D eigenvalue weighted by Crippen LogP contribution is -1.97. The molecule has 0 saturated heterocycles. The Kier molecular flexibility index (Phi) is 2.41. The van der Waals surface area contributed by atoms with Gasteiger partial charge in [-0.3, -0.25) is 4.98 Å². The molecule has 0 unspecified atom stereocenters. The van der Waals surface area contributed by atoms with Crippen LogP contribution in [0.2, 0.25) is 0 Å². The highest BCUT2D eigenvalue weighted by molar-refractivity contribution is 5.83. The van der Waals surface area contributed by atoms with Crippen LogP contribution >= 0.6 is 0 Å². The molecule has 0 fully saturated rings. The summed E-state index contributed by atoms with van der Waals surface area (Å²) in [5, 5.41) is 1.33. The largest absolute Gasteiger partial charge is 0.343 e. The average Bonchev–Trinajstić information content (AvgIpc) is 2.69. The first-order valence-corrected chi connectivity index (χ1v) is 5.78. The molecule has 0 aliphatic rings. The van der Waals surface area contributed by atoms with E-state index < -0.39 is 0 Å². The van der Waals surface area contributed by atoms with Crippen molar-refractivity contribution in [2.24, 2.45) is 0 Å². The van der Waals surface area contributed by atoms with Gasteiger partial charge in [0.05, 0.1) is 0 Å². The minimum atomic E-state index is 0.900. The SMILES string of the molecule is Cc1cn(Cc2ccncc2)c2ccccc12. The summed E-state index contributed by atoms with van der Waals surface area (Å²) in [5.41, 5.74) is 3.90. The van der Waals surface area contributed by atoms with E-state index >= 15 is 0 Å². The number of aromatic nitrogens is 2. The number of pyridine rings is 1. The zero-order valence-electron chi connectivity index (χ0n) is 9.80. The van der Waals surface area contributed by atoms with Crippen molar-refractivity contribution in [3.05, 3.63) is 66.1 Å². The highest BCUT2D eigenvalue weighted by Crippen LogP contribution is 2.21. The molecule has 84 valence electrons. The van der Waals surface area contributed by atoms with Crippen molar-refractivity contribution < 1.29 is 0 Å². The molecular weight excluding hydrogens is 208 g/mol. The number of fused-ring (bicyclic) bond motifs is 1. The van der Waals surface area contributed by atoms with Gasteiger partial charge in [-0.25, -0.2) is 0 Å². The van der Waals surface area contributed by atoms with Crippen molar-refractivity contribution in [2.45, 2.75) is 13.5 Å². The molecule has 0 bridgehead atoms. The predicted octanol–water partition coefficient (Wildman–Crippen LogP) is 3.39. The average molecular weight is 222 g/mol. The lowest BCUT2D eigenvalue weighted by Gasteiger charge is -2.04. The molecule has 0 aliphatic heterocycles. The van der Waals surface area contributed by atoms with Gasteiger partial charge in [-0.2, -0.15) is 0 Å². The number of rotatable bonds is 2. The minimum Gasteiger partial charge on any atom is -0.343 e. The van der Waals surface area contributed by atoms with E-state index in [1.807, 2.05) is 12.4 Å². The molecule has 17 heavy (non-hydrogen) atoms. The monoisotopic (exact) mass is 222 g/mol. The molecule has 0 radical (unpaired) electrons. The molecule has 1 aromatic carbocycles. The van der Waals surface area contributed by atoms with Gasteiger partial charge < -0.3 is 4.57 Å². The van der Waals surface area contributed by atoms with Crippen molar-refractivity contribution >= 4 is 10.9 Å². The van der Waals surface area contributed by atoms with Gasteiger partial charge in [0.2, 0.25) is 0 Å². The molecule has 0 N–H and O–H groups in total. The fourth-order valence-corrected chi connectivity index (χ4v) is 2.25. The van der Waals surface area contributed by atoms with Crippen LogP contribution in [0.25, 0.3) is 10.9 Å². The smallest absolute Gasteiger partial charge is 0.0486 e. The lowest BCUT2D eigenvalue weighted by atomic mass is 10.2. The summed E-state index contributed by atoms with van der Waals surface area (Å²) in [6.45, 7) is 3.06. The lowest BCUT2D eigenvalue weighted by molar-refractivity contribution is 0.832. The van der Waals surface area contributed by atoms with Gasteiger partial charge in [0.25, 0.3) is 0 Å². The Hall–Kier alpha value is -2.09. The van der Waals surface area contributed by atoms with Gasteiger partial charge >= 0.3 is 0 Å². The summed E-state index contributed by atoms with van der Waals surface area (Å²) in [5.74, 6) is 0. The molecule has 2 aromatic heterocycles. The van der Waals surface area contributed by atoms with Crippen LogP contribution in [0, 0.1) is 6.92 Å². The fraction of sp³-hybridized carbons (Fsp3) is 0.133. The third kappa shape index (κ3) is 1.82. The molecule has 0 spiro atoms. The van der Waals surface area contributed by atoms with Crippen molar-refractivity contribution in [2.75, 3.05) is 0 Å². The van der Waals surface area contributed by atoms with E-state index in [1.54, 1.807) is 0 Å². The number of aryl methyl sites for hydroxylation is 1. The van der Waals surface area contributed by atoms with Crippen LogP contribution in [0.4, 0.5) is 0 Å². The van der Waals surface area contributed by atoms with Gasteiger partial charge in [0, 0.05) is 36.0 Å². The molecule has 2 nitrogen and oxygen atoms in total. The van der Waals surface area contributed by atoms with Crippen LogP contribution in [0.5, 0.6) is 0 Å². The van der Waals surface area contributed by atoms with Crippen LogP contribution in [0.1, 0.15) is 11.1 Å². The summed E-state index contributed by atoms with van der Waals surface area (Å²) >= 11 is 0. The Labute approximate surface area is 101 Å². The van der Waals surface area contributed by atoms with E-state index in [4.69, 9.17) is 0 Å². The van der Waals surface area contributed by atoms with E-state index in [0.717, 1.165) is 6.54 Å². The van der Waals surface area contributed by atoms with E-state index in [0.29, 0.717) is 0 Å².